The second-order valence-corrected chi connectivity index (χ2v) is 10.4. The van der Waals surface area contributed by atoms with Gasteiger partial charge in [-0.15, -0.1) is 0 Å². The molecule has 224 valence electrons. The summed E-state index contributed by atoms with van der Waals surface area (Å²) in [5.74, 6) is -0.269. The molecule has 4 aromatic rings. The topological polar surface area (TPSA) is 136 Å². The molecule has 0 radical (unpaired) electrons. The van der Waals surface area contributed by atoms with Crippen molar-refractivity contribution in [2.24, 2.45) is 7.05 Å². The SMILES string of the molecule is Cc1cc(NC(=O)c2cn(C(C)C)c(=O)n(-c3ccc(F)cc3)c2=O)ccc1OC1=CC(c2cn(C)cn2)=CN/C1=C\C=N. The maximum absolute atomic E-state index is 13.5. The number of dihydropyridines is 1. The number of anilines is 1. The molecule has 1 amide bonds. The number of amides is 1. The average Bonchev–Trinajstić information content (AvgIpc) is 3.42. The summed E-state index contributed by atoms with van der Waals surface area (Å²) in [4.78, 5) is 44.2. The Morgan fingerprint density at radius 2 is 1.89 bits per heavy atom. The van der Waals surface area contributed by atoms with E-state index in [0.717, 1.165) is 34.2 Å². The number of allylic oxidation sites excluding steroid dienone is 3. The lowest BCUT2D eigenvalue weighted by molar-refractivity contribution is 0.102. The summed E-state index contributed by atoms with van der Waals surface area (Å²) in [6.45, 7) is 5.30. The van der Waals surface area contributed by atoms with Gasteiger partial charge in [-0.25, -0.2) is 18.7 Å². The minimum Gasteiger partial charge on any atom is -0.455 e. The van der Waals surface area contributed by atoms with Gasteiger partial charge in [-0.2, -0.15) is 0 Å². The summed E-state index contributed by atoms with van der Waals surface area (Å²) in [5, 5.41) is 13.4. The van der Waals surface area contributed by atoms with Crippen LogP contribution in [0.5, 0.6) is 5.75 Å². The van der Waals surface area contributed by atoms with Crippen LogP contribution in [0.3, 0.4) is 0 Å². The third kappa shape index (κ3) is 6.04. The standard InChI is InChI=1S/C32H30FN7O4/c1-19(2)39-16-25(31(42)40(32(39)43)24-8-5-22(33)6-9-24)30(41)37-23-7-10-28(20(3)13-23)44-29-14-21(15-35-26(29)11-12-34)27-17-38(4)18-36-27/h5-19,34-35H,1-4H3,(H,37,41)/b26-11-,34-12?. The molecule has 0 spiro atoms. The average molecular weight is 596 g/mol. The van der Waals surface area contributed by atoms with Crippen LogP contribution in [-0.2, 0) is 7.05 Å². The Labute approximate surface area is 251 Å². The number of nitrogens with one attached hydrogen (secondary N) is 3. The monoisotopic (exact) mass is 595 g/mol. The summed E-state index contributed by atoms with van der Waals surface area (Å²) >= 11 is 0. The number of hydrogen-bond acceptors (Lipinski definition) is 7. The highest BCUT2D eigenvalue weighted by Crippen LogP contribution is 2.29. The number of carbonyl (C=O) groups excluding carboxylic acids is 1. The first-order valence-electron chi connectivity index (χ1n) is 13.7. The largest absolute Gasteiger partial charge is 0.455 e. The van der Waals surface area contributed by atoms with Gasteiger partial charge >= 0.3 is 5.69 Å². The van der Waals surface area contributed by atoms with Crippen molar-refractivity contribution >= 4 is 23.4 Å². The number of halogens is 1. The molecule has 0 bridgehead atoms. The van der Waals surface area contributed by atoms with E-state index in [-0.39, 0.29) is 17.3 Å². The third-order valence-corrected chi connectivity index (χ3v) is 6.84. The molecule has 2 aromatic heterocycles. The normalized spacial score (nSPS) is 13.7. The van der Waals surface area contributed by atoms with Gasteiger partial charge in [0, 0.05) is 49.2 Å². The van der Waals surface area contributed by atoms with Gasteiger partial charge in [0.1, 0.15) is 17.1 Å². The van der Waals surface area contributed by atoms with Crippen molar-refractivity contribution in [3.63, 3.8) is 0 Å². The van der Waals surface area contributed by atoms with Crippen LogP contribution in [0.1, 0.15) is 41.5 Å². The summed E-state index contributed by atoms with van der Waals surface area (Å²) in [5.41, 5.74) is 1.61. The molecule has 0 unspecified atom stereocenters. The fraction of sp³-hybridized carbons (Fsp3) is 0.156. The van der Waals surface area contributed by atoms with Crippen molar-refractivity contribution in [3.05, 3.63) is 134 Å². The van der Waals surface area contributed by atoms with Crippen molar-refractivity contribution in [2.75, 3.05) is 5.32 Å². The zero-order chi connectivity index (χ0) is 31.5. The number of nitrogens with zero attached hydrogens (tertiary/aromatic N) is 4. The number of ether oxygens (including phenoxy) is 1. The van der Waals surface area contributed by atoms with E-state index in [0.29, 0.717) is 28.5 Å². The Hall–Kier alpha value is -5.78. The van der Waals surface area contributed by atoms with Gasteiger partial charge in [0.25, 0.3) is 11.5 Å². The summed E-state index contributed by atoms with van der Waals surface area (Å²) in [7, 11) is 1.88. The van der Waals surface area contributed by atoms with Gasteiger partial charge in [0.05, 0.1) is 23.4 Å². The van der Waals surface area contributed by atoms with Crippen LogP contribution in [0.4, 0.5) is 10.1 Å². The zero-order valence-corrected chi connectivity index (χ0v) is 24.5. The number of aromatic nitrogens is 4. The van der Waals surface area contributed by atoms with Crippen LogP contribution < -0.4 is 26.6 Å². The van der Waals surface area contributed by atoms with Crippen LogP contribution in [-0.4, -0.2) is 30.8 Å². The molecule has 12 heteroatoms. The van der Waals surface area contributed by atoms with Crippen molar-refractivity contribution in [3.8, 4) is 11.4 Å². The fourth-order valence-corrected chi connectivity index (χ4v) is 4.57. The lowest BCUT2D eigenvalue weighted by Crippen LogP contribution is -2.42. The van der Waals surface area contributed by atoms with Gasteiger partial charge < -0.3 is 25.3 Å². The Kier molecular flexibility index (Phi) is 8.25. The van der Waals surface area contributed by atoms with Gasteiger partial charge in [-0.1, -0.05) is 0 Å². The Morgan fingerprint density at radius 3 is 2.52 bits per heavy atom. The molecule has 1 aliphatic heterocycles. The van der Waals surface area contributed by atoms with Crippen LogP contribution in [0.25, 0.3) is 11.3 Å². The number of rotatable bonds is 8. The first kappa shape index (κ1) is 29.7. The first-order valence-corrected chi connectivity index (χ1v) is 13.7. The lowest BCUT2D eigenvalue weighted by Gasteiger charge is -2.20. The molecule has 3 N–H and O–H groups in total. The molecule has 0 atom stereocenters. The fourth-order valence-electron chi connectivity index (χ4n) is 4.57. The molecule has 0 aliphatic carbocycles. The van der Waals surface area contributed by atoms with Gasteiger partial charge in [-0.3, -0.25) is 14.2 Å². The minimum atomic E-state index is -0.827. The number of imidazole rings is 1. The van der Waals surface area contributed by atoms with E-state index in [9.17, 15) is 18.8 Å². The van der Waals surface area contributed by atoms with Crippen molar-refractivity contribution in [1.82, 2.24) is 24.0 Å². The van der Waals surface area contributed by atoms with E-state index in [2.05, 4.69) is 15.6 Å². The molecule has 44 heavy (non-hydrogen) atoms. The van der Waals surface area contributed by atoms with Crippen molar-refractivity contribution in [1.29, 1.82) is 5.41 Å². The Bertz CT molecular complexity index is 1980. The second-order valence-electron chi connectivity index (χ2n) is 10.4. The minimum absolute atomic E-state index is 0.145. The highest BCUT2D eigenvalue weighted by molar-refractivity contribution is 6.04. The van der Waals surface area contributed by atoms with E-state index in [4.69, 9.17) is 10.1 Å². The number of carbonyl (C=O) groups is 1. The van der Waals surface area contributed by atoms with E-state index >= 15 is 0 Å². The predicted octanol–water partition coefficient (Wildman–Crippen LogP) is 4.45. The van der Waals surface area contributed by atoms with Gasteiger partial charge in [0.2, 0.25) is 0 Å². The molecule has 3 heterocycles. The summed E-state index contributed by atoms with van der Waals surface area (Å²) < 4.78 is 23.7. The van der Waals surface area contributed by atoms with Crippen LogP contribution in [0.15, 0.2) is 101 Å². The molecule has 11 nitrogen and oxygen atoms in total. The number of hydrogen-bond donors (Lipinski definition) is 3. The highest BCUT2D eigenvalue weighted by Gasteiger charge is 2.21. The van der Waals surface area contributed by atoms with E-state index in [1.54, 1.807) is 57.6 Å². The molecule has 2 aromatic carbocycles. The highest BCUT2D eigenvalue weighted by atomic mass is 19.1. The second kappa shape index (κ2) is 12.2. The van der Waals surface area contributed by atoms with E-state index in [1.807, 2.05) is 23.9 Å². The van der Waals surface area contributed by atoms with Crippen molar-refractivity contribution in [2.45, 2.75) is 26.8 Å². The molecular formula is C32H30FN7O4. The van der Waals surface area contributed by atoms with Gasteiger partial charge in [0.15, 0.2) is 5.76 Å². The number of benzene rings is 2. The summed E-state index contributed by atoms with van der Waals surface area (Å²) in [6, 6.07) is 9.53. The zero-order valence-electron chi connectivity index (χ0n) is 24.5. The molecule has 0 saturated carbocycles. The molecule has 0 saturated heterocycles. The van der Waals surface area contributed by atoms with Crippen LogP contribution in [0.2, 0.25) is 0 Å². The van der Waals surface area contributed by atoms with Crippen molar-refractivity contribution < 1.29 is 13.9 Å². The first-order chi connectivity index (χ1) is 21.0. The Balaban J connectivity index is 1.43. The lowest BCUT2D eigenvalue weighted by atomic mass is 10.1. The quantitative estimate of drug-likeness (QED) is 0.258. The maximum atomic E-state index is 13.5. The third-order valence-electron chi connectivity index (χ3n) is 6.84. The smallest absolute Gasteiger partial charge is 0.335 e. The number of aryl methyl sites for hydroxylation is 2. The molecule has 1 aliphatic rings. The molecule has 0 fully saturated rings. The Morgan fingerprint density at radius 1 is 1.14 bits per heavy atom. The van der Waals surface area contributed by atoms with Gasteiger partial charge in [-0.05, 0) is 81.0 Å². The molecular weight excluding hydrogens is 565 g/mol. The summed E-state index contributed by atoms with van der Waals surface area (Å²) in [6.07, 6.45) is 11.1. The molecule has 5 rings (SSSR count). The predicted molar refractivity (Wildman–Crippen MR) is 166 cm³/mol. The van der Waals surface area contributed by atoms with E-state index in [1.165, 1.54) is 22.9 Å². The van der Waals surface area contributed by atoms with E-state index < -0.39 is 23.0 Å². The maximum Gasteiger partial charge on any atom is 0.335 e. The van der Waals surface area contributed by atoms with Crippen LogP contribution in [0, 0.1) is 18.2 Å². The van der Waals surface area contributed by atoms with Crippen LogP contribution >= 0.6 is 0 Å².